The van der Waals surface area contributed by atoms with E-state index in [0.29, 0.717) is 6.42 Å². The van der Waals surface area contributed by atoms with Crippen LogP contribution in [0, 0.1) is 0 Å². The van der Waals surface area contributed by atoms with Crippen molar-refractivity contribution in [2.75, 3.05) is 0 Å². The lowest BCUT2D eigenvalue weighted by Gasteiger charge is -2.24. The summed E-state index contributed by atoms with van der Waals surface area (Å²) in [6.07, 6.45) is 2.30. The van der Waals surface area contributed by atoms with Crippen LogP contribution in [-0.2, 0) is 16.0 Å². The number of hydrogen-bond donors (Lipinski definition) is 3. The maximum absolute atomic E-state index is 13.4. The van der Waals surface area contributed by atoms with Crippen LogP contribution < -0.4 is 10.6 Å². The Morgan fingerprint density at radius 2 is 1.39 bits per heavy atom. The molecule has 0 aliphatic rings. The number of aromatic amines is 1. The predicted octanol–water partition coefficient (Wildman–Crippen LogP) is 4.12. The Balaban J connectivity index is 1.61. The summed E-state index contributed by atoms with van der Waals surface area (Å²) in [4.78, 5) is 28.5. The third kappa shape index (κ3) is 4.83. The zero-order valence-electron chi connectivity index (χ0n) is 17.3. The van der Waals surface area contributed by atoms with Crippen LogP contribution in [0.15, 0.2) is 91.1 Å². The smallest absolute Gasteiger partial charge is 0.243 e. The second-order valence-electron chi connectivity index (χ2n) is 7.58. The highest BCUT2D eigenvalue weighted by Gasteiger charge is 2.25. The molecule has 1 unspecified atom stereocenters. The van der Waals surface area contributed by atoms with Crippen LogP contribution in [0.4, 0.5) is 0 Å². The number of H-pyrrole nitrogens is 1. The molecule has 0 saturated carbocycles. The van der Waals surface area contributed by atoms with Crippen molar-refractivity contribution in [2.45, 2.75) is 25.4 Å². The molecule has 0 saturated heterocycles. The highest BCUT2D eigenvalue weighted by atomic mass is 16.2. The molecule has 1 aromatic heterocycles. The molecule has 5 heteroatoms. The number of para-hydroxylation sites is 1. The first-order chi connectivity index (χ1) is 15.1. The summed E-state index contributed by atoms with van der Waals surface area (Å²) >= 11 is 0. The highest BCUT2D eigenvalue weighted by molar-refractivity contribution is 5.89. The second-order valence-corrected chi connectivity index (χ2v) is 7.58. The molecule has 0 fully saturated rings. The van der Waals surface area contributed by atoms with E-state index in [2.05, 4.69) is 15.6 Å². The molecular weight excluding hydrogens is 386 g/mol. The molecule has 0 spiro atoms. The number of aromatic nitrogens is 1. The average molecular weight is 412 g/mol. The molecule has 3 N–H and O–H groups in total. The van der Waals surface area contributed by atoms with E-state index in [9.17, 15) is 9.59 Å². The molecule has 0 aliphatic heterocycles. The maximum Gasteiger partial charge on any atom is 0.243 e. The number of carbonyl (C=O) groups is 2. The fraction of sp³-hybridized carbons (Fsp3) is 0.154. The van der Waals surface area contributed by atoms with Gasteiger partial charge in [-0.1, -0.05) is 78.9 Å². The first-order valence-corrected chi connectivity index (χ1v) is 10.3. The summed E-state index contributed by atoms with van der Waals surface area (Å²) < 4.78 is 0. The predicted molar refractivity (Wildman–Crippen MR) is 122 cm³/mol. The minimum Gasteiger partial charge on any atom is -0.361 e. The minimum atomic E-state index is -0.688. The Kier molecular flexibility index (Phi) is 6.13. The van der Waals surface area contributed by atoms with E-state index in [-0.39, 0.29) is 17.9 Å². The van der Waals surface area contributed by atoms with Gasteiger partial charge in [-0.2, -0.15) is 0 Å². The largest absolute Gasteiger partial charge is 0.361 e. The van der Waals surface area contributed by atoms with Crippen molar-refractivity contribution < 1.29 is 9.59 Å². The average Bonchev–Trinajstić information content (AvgIpc) is 3.20. The van der Waals surface area contributed by atoms with E-state index < -0.39 is 6.04 Å². The van der Waals surface area contributed by atoms with Gasteiger partial charge in [0.1, 0.15) is 6.04 Å². The zero-order chi connectivity index (χ0) is 21.6. The van der Waals surface area contributed by atoms with Crippen molar-refractivity contribution in [1.82, 2.24) is 15.6 Å². The number of carbonyl (C=O) groups excluding carboxylic acids is 2. The van der Waals surface area contributed by atoms with E-state index >= 15 is 0 Å². The third-order valence-corrected chi connectivity index (χ3v) is 5.35. The maximum atomic E-state index is 13.4. The summed E-state index contributed by atoms with van der Waals surface area (Å²) in [7, 11) is 0. The lowest BCUT2D eigenvalue weighted by Crippen LogP contribution is -2.48. The van der Waals surface area contributed by atoms with Crippen molar-refractivity contribution in [3.8, 4) is 0 Å². The van der Waals surface area contributed by atoms with Gasteiger partial charge in [0.2, 0.25) is 11.8 Å². The van der Waals surface area contributed by atoms with Crippen LogP contribution in [0.1, 0.15) is 29.7 Å². The number of hydrogen-bond acceptors (Lipinski definition) is 2. The van der Waals surface area contributed by atoms with Crippen molar-refractivity contribution in [3.05, 3.63) is 108 Å². The van der Waals surface area contributed by atoms with Gasteiger partial charge in [-0.3, -0.25) is 9.59 Å². The molecule has 0 aliphatic carbocycles. The molecular formula is C26H25N3O2. The molecule has 156 valence electrons. The van der Waals surface area contributed by atoms with Gasteiger partial charge in [0, 0.05) is 30.4 Å². The van der Waals surface area contributed by atoms with E-state index in [1.165, 1.54) is 6.92 Å². The highest BCUT2D eigenvalue weighted by Crippen LogP contribution is 2.23. The number of benzene rings is 3. The van der Waals surface area contributed by atoms with Gasteiger partial charge in [0.15, 0.2) is 0 Å². The monoisotopic (exact) mass is 411 g/mol. The number of nitrogens with one attached hydrogen (secondary N) is 3. The molecule has 3 aromatic carbocycles. The summed E-state index contributed by atoms with van der Waals surface area (Å²) in [5.41, 5.74) is 3.96. The molecule has 0 bridgehead atoms. The van der Waals surface area contributed by atoms with Gasteiger partial charge in [-0.05, 0) is 22.8 Å². The van der Waals surface area contributed by atoms with Gasteiger partial charge >= 0.3 is 0 Å². The standard InChI is InChI=1S/C26H25N3O2/c1-18(30)28-24(16-21-17-27-23-15-9-8-14-22(21)23)26(31)29-25(19-10-4-2-5-11-19)20-12-6-3-7-13-20/h2-15,17,24-25,27H,16H2,1H3,(H,28,30)(H,29,31). The summed E-state index contributed by atoms with van der Waals surface area (Å²) in [6, 6.07) is 26.6. The topological polar surface area (TPSA) is 74.0 Å². The SMILES string of the molecule is CC(=O)NC(Cc1c[nH]c2ccccc12)C(=O)NC(c1ccccc1)c1ccccc1. The van der Waals surface area contributed by atoms with Crippen LogP contribution in [-0.4, -0.2) is 22.8 Å². The van der Waals surface area contributed by atoms with Gasteiger partial charge in [-0.25, -0.2) is 0 Å². The van der Waals surface area contributed by atoms with E-state index in [1.807, 2.05) is 91.1 Å². The Labute approximate surface area is 181 Å². The van der Waals surface area contributed by atoms with Crippen molar-refractivity contribution in [1.29, 1.82) is 0 Å². The van der Waals surface area contributed by atoms with Crippen LogP contribution in [0.25, 0.3) is 10.9 Å². The van der Waals surface area contributed by atoms with Crippen LogP contribution in [0.2, 0.25) is 0 Å². The Hall–Kier alpha value is -3.86. The van der Waals surface area contributed by atoms with E-state index in [1.54, 1.807) is 0 Å². The number of rotatable bonds is 7. The molecule has 5 nitrogen and oxygen atoms in total. The molecule has 4 rings (SSSR count). The lowest BCUT2D eigenvalue weighted by molar-refractivity contribution is -0.128. The molecule has 31 heavy (non-hydrogen) atoms. The minimum absolute atomic E-state index is 0.224. The summed E-state index contributed by atoms with van der Waals surface area (Å²) in [5.74, 6) is -0.464. The van der Waals surface area contributed by atoms with Gasteiger partial charge in [0.25, 0.3) is 0 Å². The summed E-state index contributed by atoms with van der Waals surface area (Å²) in [5, 5.41) is 7.03. The molecule has 1 heterocycles. The molecule has 4 aromatic rings. The van der Waals surface area contributed by atoms with Crippen molar-refractivity contribution in [3.63, 3.8) is 0 Å². The van der Waals surface area contributed by atoms with Crippen LogP contribution in [0.5, 0.6) is 0 Å². The van der Waals surface area contributed by atoms with Gasteiger partial charge in [0.05, 0.1) is 6.04 Å². The Bertz CT molecular complexity index is 1130. The fourth-order valence-corrected chi connectivity index (χ4v) is 3.87. The van der Waals surface area contributed by atoms with Crippen molar-refractivity contribution in [2.24, 2.45) is 0 Å². The second kappa shape index (κ2) is 9.30. The third-order valence-electron chi connectivity index (χ3n) is 5.35. The van der Waals surface area contributed by atoms with E-state index in [4.69, 9.17) is 0 Å². The van der Waals surface area contributed by atoms with E-state index in [0.717, 1.165) is 27.6 Å². The summed E-state index contributed by atoms with van der Waals surface area (Å²) in [6.45, 7) is 1.43. The number of amides is 2. The van der Waals surface area contributed by atoms with Gasteiger partial charge < -0.3 is 15.6 Å². The van der Waals surface area contributed by atoms with Crippen LogP contribution in [0.3, 0.4) is 0 Å². The lowest BCUT2D eigenvalue weighted by atomic mass is 9.97. The first-order valence-electron chi connectivity index (χ1n) is 10.3. The zero-order valence-corrected chi connectivity index (χ0v) is 17.3. The quantitative estimate of drug-likeness (QED) is 0.428. The Morgan fingerprint density at radius 3 is 2.00 bits per heavy atom. The van der Waals surface area contributed by atoms with Gasteiger partial charge in [-0.15, -0.1) is 0 Å². The molecule has 1 atom stereocenters. The fourth-order valence-electron chi connectivity index (χ4n) is 3.87. The first kappa shape index (κ1) is 20.4. The van der Waals surface area contributed by atoms with Crippen LogP contribution >= 0.6 is 0 Å². The molecule has 2 amide bonds. The van der Waals surface area contributed by atoms with Crippen molar-refractivity contribution >= 4 is 22.7 Å². The number of fused-ring (bicyclic) bond motifs is 1. The Morgan fingerprint density at radius 1 is 0.806 bits per heavy atom. The normalized spacial score (nSPS) is 11.9. The molecule has 0 radical (unpaired) electrons.